The van der Waals surface area contributed by atoms with Gasteiger partial charge in [-0.2, -0.15) is 5.10 Å². The summed E-state index contributed by atoms with van der Waals surface area (Å²) in [5, 5.41) is 4.52. The fourth-order valence-electron chi connectivity index (χ4n) is 3.80. The van der Waals surface area contributed by atoms with Gasteiger partial charge in [-0.05, 0) is 6.42 Å². The van der Waals surface area contributed by atoms with E-state index < -0.39 is 0 Å². The van der Waals surface area contributed by atoms with Gasteiger partial charge in [-0.3, -0.25) is 14.5 Å². The highest BCUT2D eigenvalue weighted by Crippen LogP contribution is 2.27. The van der Waals surface area contributed by atoms with Crippen molar-refractivity contribution in [3.63, 3.8) is 0 Å². The first-order valence-electron chi connectivity index (χ1n) is 9.24. The van der Waals surface area contributed by atoms with E-state index in [1.807, 2.05) is 17.9 Å². The number of likely N-dealkylation sites (N-methyl/N-ethyl adjacent to an activating group) is 1. The molecular formula is C18H26N6O2. The average Bonchev–Trinajstić information content (AvgIpc) is 3.37. The minimum atomic E-state index is 0.0462. The number of anilines is 1. The van der Waals surface area contributed by atoms with E-state index in [9.17, 15) is 4.79 Å². The van der Waals surface area contributed by atoms with Gasteiger partial charge in [0.1, 0.15) is 5.76 Å². The number of aromatic nitrogens is 3. The molecule has 140 valence electrons. The molecule has 2 fully saturated rings. The lowest BCUT2D eigenvalue weighted by Crippen LogP contribution is -2.28. The van der Waals surface area contributed by atoms with E-state index in [0.29, 0.717) is 12.0 Å². The molecule has 1 unspecified atom stereocenters. The zero-order chi connectivity index (χ0) is 18.3. The number of urea groups is 1. The molecule has 2 saturated heterocycles. The molecule has 0 aliphatic carbocycles. The van der Waals surface area contributed by atoms with Crippen molar-refractivity contribution in [1.82, 2.24) is 24.6 Å². The Morgan fingerprint density at radius 2 is 2.15 bits per heavy atom. The summed E-state index contributed by atoms with van der Waals surface area (Å²) in [7, 11) is 1.83. The van der Waals surface area contributed by atoms with Crippen LogP contribution in [0.5, 0.6) is 0 Å². The third-order valence-electron chi connectivity index (χ3n) is 5.31. The van der Waals surface area contributed by atoms with Crippen LogP contribution in [-0.4, -0.2) is 63.8 Å². The molecule has 8 nitrogen and oxygen atoms in total. The first kappa shape index (κ1) is 17.1. The summed E-state index contributed by atoms with van der Waals surface area (Å²) < 4.78 is 7.54. The number of rotatable bonds is 5. The molecule has 2 aromatic heterocycles. The standard InChI is InChI=1S/C18H26N6O2/c1-13(2)17-16(19-12-26-17)11-22-5-4-14(9-22)24-10-15(8-20-24)23-7-6-21(3)18(23)25/h8,10,12-14H,4-7,9,11H2,1-3H3. The third kappa shape index (κ3) is 3.09. The fourth-order valence-corrected chi connectivity index (χ4v) is 3.80. The van der Waals surface area contributed by atoms with Gasteiger partial charge in [-0.15, -0.1) is 0 Å². The number of likely N-dealkylation sites (tertiary alicyclic amines) is 1. The van der Waals surface area contributed by atoms with Crippen molar-refractivity contribution >= 4 is 11.7 Å². The molecule has 4 rings (SSSR count). The smallest absolute Gasteiger partial charge is 0.324 e. The molecule has 0 radical (unpaired) electrons. The summed E-state index contributed by atoms with van der Waals surface area (Å²) in [5.41, 5.74) is 1.92. The Kier molecular flexibility index (Phi) is 4.44. The lowest BCUT2D eigenvalue weighted by Gasteiger charge is -2.16. The minimum absolute atomic E-state index is 0.0462. The first-order chi connectivity index (χ1) is 12.5. The maximum Gasteiger partial charge on any atom is 0.324 e. The lowest BCUT2D eigenvalue weighted by atomic mass is 10.1. The number of hydrogen-bond acceptors (Lipinski definition) is 5. The number of carbonyl (C=O) groups is 1. The second kappa shape index (κ2) is 6.75. The van der Waals surface area contributed by atoms with E-state index in [1.54, 1.807) is 22.4 Å². The summed E-state index contributed by atoms with van der Waals surface area (Å²) in [6.45, 7) is 8.48. The molecule has 26 heavy (non-hydrogen) atoms. The van der Waals surface area contributed by atoms with Crippen molar-refractivity contribution < 1.29 is 9.21 Å². The SMILES string of the molecule is CC(C)c1ocnc1CN1CCC(n2cc(N3CCN(C)C3=O)cn2)C1. The largest absolute Gasteiger partial charge is 0.448 e. The van der Waals surface area contributed by atoms with Gasteiger partial charge in [-0.1, -0.05) is 13.8 Å². The molecule has 2 aliphatic heterocycles. The predicted molar refractivity (Wildman–Crippen MR) is 97.1 cm³/mol. The maximum absolute atomic E-state index is 12.1. The van der Waals surface area contributed by atoms with Gasteiger partial charge in [0, 0.05) is 51.9 Å². The van der Waals surface area contributed by atoms with Crippen molar-refractivity contribution in [2.75, 3.05) is 38.1 Å². The number of nitrogens with zero attached hydrogens (tertiary/aromatic N) is 6. The molecule has 8 heteroatoms. The van der Waals surface area contributed by atoms with E-state index in [1.165, 1.54) is 0 Å². The molecule has 0 N–H and O–H groups in total. The van der Waals surface area contributed by atoms with E-state index in [-0.39, 0.29) is 6.03 Å². The monoisotopic (exact) mass is 358 g/mol. The van der Waals surface area contributed by atoms with Gasteiger partial charge in [0.15, 0.2) is 6.39 Å². The average molecular weight is 358 g/mol. The maximum atomic E-state index is 12.1. The van der Waals surface area contributed by atoms with Crippen LogP contribution in [0.3, 0.4) is 0 Å². The Morgan fingerprint density at radius 3 is 2.88 bits per heavy atom. The minimum Gasteiger partial charge on any atom is -0.448 e. The molecule has 1 atom stereocenters. The molecule has 4 heterocycles. The van der Waals surface area contributed by atoms with Crippen molar-refractivity contribution in [2.45, 2.75) is 38.8 Å². The third-order valence-corrected chi connectivity index (χ3v) is 5.31. The van der Waals surface area contributed by atoms with Crippen LogP contribution in [0.1, 0.15) is 43.7 Å². The highest BCUT2D eigenvalue weighted by Gasteiger charge is 2.30. The highest BCUT2D eigenvalue weighted by atomic mass is 16.3. The Balaban J connectivity index is 1.40. The zero-order valence-electron chi connectivity index (χ0n) is 15.6. The van der Waals surface area contributed by atoms with E-state index in [2.05, 4.69) is 28.8 Å². The Morgan fingerprint density at radius 1 is 1.31 bits per heavy atom. The van der Waals surface area contributed by atoms with Crippen LogP contribution in [0.4, 0.5) is 10.5 Å². The van der Waals surface area contributed by atoms with Crippen molar-refractivity contribution in [3.8, 4) is 0 Å². The fraction of sp³-hybridized carbons (Fsp3) is 0.611. The Labute approximate surface area is 153 Å². The van der Waals surface area contributed by atoms with Crippen LogP contribution in [0.15, 0.2) is 23.2 Å². The van der Waals surface area contributed by atoms with Crippen LogP contribution < -0.4 is 4.90 Å². The summed E-state index contributed by atoms with van der Waals surface area (Å²) in [6.07, 6.45) is 6.39. The molecule has 0 spiro atoms. The highest BCUT2D eigenvalue weighted by molar-refractivity contribution is 5.93. The second-order valence-corrected chi connectivity index (χ2v) is 7.53. The molecular weight excluding hydrogens is 332 g/mol. The van der Waals surface area contributed by atoms with E-state index in [0.717, 1.165) is 56.3 Å². The molecule has 2 amide bonds. The van der Waals surface area contributed by atoms with Crippen molar-refractivity contribution in [3.05, 3.63) is 30.2 Å². The molecule has 0 aromatic carbocycles. The number of hydrogen-bond donors (Lipinski definition) is 0. The normalized spacial score (nSPS) is 21.5. The van der Waals surface area contributed by atoms with Gasteiger partial charge in [0.25, 0.3) is 0 Å². The quantitative estimate of drug-likeness (QED) is 0.820. The summed E-state index contributed by atoms with van der Waals surface area (Å²) in [4.78, 5) is 22.5. The van der Waals surface area contributed by atoms with Crippen LogP contribution in [0, 0.1) is 0 Å². The zero-order valence-corrected chi connectivity index (χ0v) is 15.6. The van der Waals surface area contributed by atoms with E-state index in [4.69, 9.17) is 4.42 Å². The number of oxazole rings is 1. The van der Waals surface area contributed by atoms with E-state index >= 15 is 0 Å². The van der Waals surface area contributed by atoms with Gasteiger partial charge in [0.2, 0.25) is 0 Å². The first-order valence-corrected chi connectivity index (χ1v) is 9.24. The Bertz CT molecular complexity index is 782. The van der Waals surface area contributed by atoms with Crippen molar-refractivity contribution in [2.24, 2.45) is 0 Å². The second-order valence-electron chi connectivity index (χ2n) is 7.53. The van der Waals surface area contributed by atoms with Crippen LogP contribution in [-0.2, 0) is 6.54 Å². The predicted octanol–water partition coefficient (Wildman–Crippen LogP) is 2.31. The van der Waals surface area contributed by atoms with Gasteiger partial charge in [0.05, 0.1) is 23.6 Å². The number of amides is 2. The van der Waals surface area contributed by atoms with Gasteiger partial charge in [-0.25, -0.2) is 9.78 Å². The Hall–Kier alpha value is -2.35. The molecule has 0 saturated carbocycles. The van der Waals surface area contributed by atoms with Crippen LogP contribution >= 0.6 is 0 Å². The summed E-state index contributed by atoms with van der Waals surface area (Å²) in [6, 6.07) is 0.374. The van der Waals surface area contributed by atoms with Crippen LogP contribution in [0.2, 0.25) is 0 Å². The number of carbonyl (C=O) groups excluding carboxylic acids is 1. The van der Waals surface area contributed by atoms with Gasteiger partial charge >= 0.3 is 6.03 Å². The summed E-state index contributed by atoms with van der Waals surface area (Å²) >= 11 is 0. The molecule has 2 aliphatic rings. The molecule has 2 aromatic rings. The van der Waals surface area contributed by atoms with Crippen molar-refractivity contribution in [1.29, 1.82) is 0 Å². The van der Waals surface area contributed by atoms with Crippen LogP contribution in [0.25, 0.3) is 0 Å². The lowest BCUT2D eigenvalue weighted by molar-refractivity contribution is 0.229. The topological polar surface area (TPSA) is 70.6 Å². The summed E-state index contributed by atoms with van der Waals surface area (Å²) in [5.74, 6) is 1.32. The van der Waals surface area contributed by atoms with Gasteiger partial charge < -0.3 is 9.32 Å². The molecule has 0 bridgehead atoms.